The van der Waals surface area contributed by atoms with Crippen molar-refractivity contribution in [1.29, 1.82) is 0 Å². The Kier molecular flexibility index (Phi) is 4.80. The maximum Gasteiger partial charge on any atom is 0.341 e. The Bertz CT molecular complexity index is 416. The van der Waals surface area contributed by atoms with Crippen LogP contribution in [0.5, 0.6) is 5.75 Å². The molecule has 1 heterocycles. The maximum atomic E-state index is 10.4. The van der Waals surface area contributed by atoms with Gasteiger partial charge in [0.05, 0.1) is 0 Å². The first-order valence-electron chi connectivity index (χ1n) is 6.79. The summed E-state index contributed by atoms with van der Waals surface area (Å²) < 4.78 is 5.12. The van der Waals surface area contributed by atoms with E-state index in [0.29, 0.717) is 5.75 Å². The van der Waals surface area contributed by atoms with Crippen molar-refractivity contribution >= 4 is 5.97 Å². The highest BCUT2D eigenvalue weighted by molar-refractivity contribution is 5.68. The summed E-state index contributed by atoms with van der Waals surface area (Å²) in [5.41, 5.74) is 1.25. The molecule has 2 rings (SSSR count). The Balaban J connectivity index is 1.85. The quantitative estimate of drug-likeness (QED) is 0.886. The van der Waals surface area contributed by atoms with Gasteiger partial charge < -0.3 is 9.84 Å². The van der Waals surface area contributed by atoms with Gasteiger partial charge in [0.15, 0.2) is 6.61 Å². The van der Waals surface area contributed by atoms with E-state index in [1.54, 1.807) is 0 Å². The number of carboxylic acid groups (broad SMARTS) is 1. The second-order valence-corrected chi connectivity index (χ2v) is 5.31. The van der Waals surface area contributed by atoms with Crippen LogP contribution in [-0.2, 0) is 11.3 Å². The van der Waals surface area contributed by atoms with Crippen LogP contribution in [0.2, 0.25) is 0 Å². The Morgan fingerprint density at radius 1 is 1.42 bits per heavy atom. The van der Waals surface area contributed by atoms with Crippen LogP contribution in [0.4, 0.5) is 0 Å². The summed E-state index contributed by atoms with van der Waals surface area (Å²) in [4.78, 5) is 12.9. The van der Waals surface area contributed by atoms with E-state index < -0.39 is 5.97 Å². The standard InChI is InChI=1S/C15H21NO3/c1-12-3-2-8-16(9-12)10-13-4-6-14(7-5-13)19-11-15(17)18/h4-7,12H,2-3,8-11H2,1H3,(H,17,18). The number of aliphatic carboxylic acids is 1. The first-order valence-corrected chi connectivity index (χ1v) is 6.79. The zero-order valence-corrected chi connectivity index (χ0v) is 11.3. The fourth-order valence-electron chi connectivity index (χ4n) is 2.52. The number of carboxylic acids is 1. The smallest absolute Gasteiger partial charge is 0.341 e. The van der Waals surface area contributed by atoms with Crippen LogP contribution >= 0.6 is 0 Å². The van der Waals surface area contributed by atoms with Gasteiger partial charge in [0.1, 0.15) is 5.75 Å². The first-order chi connectivity index (χ1) is 9.13. The Labute approximate surface area is 114 Å². The minimum absolute atomic E-state index is 0.289. The number of piperidine rings is 1. The van der Waals surface area contributed by atoms with Crippen molar-refractivity contribution in [2.75, 3.05) is 19.7 Å². The van der Waals surface area contributed by atoms with Crippen molar-refractivity contribution in [1.82, 2.24) is 4.90 Å². The van der Waals surface area contributed by atoms with Crippen LogP contribution < -0.4 is 4.74 Å². The van der Waals surface area contributed by atoms with Gasteiger partial charge >= 0.3 is 5.97 Å². The van der Waals surface area contributed by atoms with E-state index in [4.69, 9.17) is 9.84 Å². The Hall–Kier alpha value is -1.55. The van der Waals surface area contributed by atoms with Crippen LogP contribution in [0.25, 0.3) is 0 Å². The molecule has 4 nitrogen and oxygen atoms in total. The van der Waals surface area contributed by atoms with Gasteiger partial charge in [0.2, 0.25) is 0 Å². The summed E-state index contributed by atoms with van der Waals surface area (Å²) in [6, 6.07) is 7.70. The third-order valence-corrected chi connectivity index (χ3v) is 3.43. The average Bonchev–Trinajstić information content (AvgIpc) is 2.38. The maximum absolute atomic E-state index is 10.4. The Morgan fingerprint density at radius 3 is 2.79 bits per heavy atom. The SMILES string of the molecule is CC1CCCN(Cc2ccc(OCC(=O)O)cc2)C1. The van der Waals surface area contributed by atoms with Crippen molar-refractivity contribution in [3.8, 4) is 5.75 Å². The molecule has 1 aromatic carbocycles. The molecule has 1 aromatic rings. The molecule has 1 fully saturated rings. The average molecular weight is 263 g/mol. The van der Waals surface area contributed by atoms with Crippen molar-refractivity contribution in [3.05, 3.63) is 29.8 Å². The zero-order chi connectivity index (χ0) is 13.7. The van der Waals surface area contributed by atoms with Gasteiger partial charge in [-0.2, -0.15) is 0 Å². The van der Waals surface area contributed by atoms with Gasteiger partial charge in [-0.1, -0.05) is 19.1 Å². The molecule has 0 amide bonds. The second-order valence-electron chi connectivity index (χ2n) is 5.31. The van der Waals surface area contributed by atoms with Gasteiger partial charge in [0, 0.05) is 13.1 Å². The number of ether oxygens (including phenoxy) is 1. The van der Waals surface area contributed by atoms with E-state index in [1.807, 2.05) is 24.3 Å². The van der Waals surface area contributed by atoms with Gasteiger partial charge in [-0.3, -0.25) is 4.90 Å². The lowest BCUT2D eigenvalue weighted by atomic mass is 10.00. The third-order valence-electron chi connectivity index (χ3n) is 3.43. The predicted octanol–water partition coefficient (Wildman–Crippen LogP) is 2.38. The van der Waals surface area contributed by atoms with Crippen LogP contribution in [0.3, 0.4) is 0 Å². The number of nitrogens with zero attached hydrogens (tertiary/aromatic N) is 1. The minimum Gasteiger partial charge on any atom is -0.482 e. The number of carbonyl (C=O) groups is 1. The summed E-state index contributed by atoms with van der Waals surface area (Å²) in [7, 11) is 0. The van der Waals surface area contributed by atoms with E-state index >= 15 is 0 Å². The summed E-state index contributed by atoms with van der Waals surface area (Å²) >= 11 is 0. The lowest BCUT2D eigenvalue weighted by molar-refractivity contribution is -0.139. The third kappa shape index (κ3) is 4.56. The molecule has 0 saturated carbocycles. The van der Waals surface area contributed by atoms with Crippen LogP contribution in [0, 0.1) is 5.92 Å². The van der Waals surface area contributed by atoms with Gasteiger partial charge in [-0.15, -0.1) is 0 Å². The summed E-state index contributed by atoms with van der Waals surface area (Å²) in [5, 5.41) is 8.54. The number of likely N-dealkylation sites (tertiary alicyclic amines) is 1. The molecule has 0 spiro atoms. The van der Waals surface area contributed by atoms with Crippen molar-refractivity contribution in [3.63, 3.8) is 0 Å². The topological polar surface area (TPSA) is 49.8 Å². The second kappa shape index (κ2) is 6.57. The van der Waals surface area contributed by atoms with Crippen LogP contribution in [0.15, 0.2) is 24.3 Å². The molecule has 4 heteroatoms. The van der Waals surface area contributed by atoms with Crippen LogP contribution in [-0.4, -0.2) is 35.7 Å². The van der Waals surface area contributed by atoms with E-state index in [0.717, 1.165) is 19.0 Å². The van der Waals surface area contributed by atoms with E-state index in [2.05, 4.69) is 11.8 Å². The minimum atomic E-state index is -0.952. The molecular formula is C15H21NO3. The molecule has 1 aliphatic rings. The van der Waals surface area contributed by atoms with Crippen molar-refractivity contribution in [2.24, 2.45) is 5.92 Å². The molecule has 0 radical (unpaired) electrons. The molecule has 1 unspecified atom stereocenters. The summed E-state index contributed by atoms with van der Waals surface area (Å²) in [6.07, 6.45) is 2.61. The fraction of sp³-hybridized carbons (Fsp3) is 0.533. The van der Waals surface area contributed by atoms with Crippen molar-refractivity contribution < 1.29 is 14.6 Å². The van der Waals surface area contributed by atoms with Gasteiger partial charge in [0.25, 0.3) is 0 Å². The van der Waals surface area contributed by atoms with Gasteiger partial charge in [-0.05, 0) is 43.0 Å². The summed E-state index contributed by atoms with van der Waals surface area (Å²) in [6.45, 7) is 5.31. The van der Waals surface area contributed by atoms with E-state index in [1.165, 1.54) is 24.9 Å². The Morgan fingerprint density at radius 2 is 2.16 bits per heavy atom. The molecule has 1 saturated heterocycles. The fourth-order valence-corrected chi connectivity index (χ4v) is 2.52. The van der Waals surface area contributed by atoms with Crippen molar-refractivity contribution in [2.45, 2.75) is 26.3 Å². The van der Waals surface area contributed by atoms with E-state index in [9.17, 15) is 4.79 Å². The highest BCUT2D eigenvalue weighted by Crippen LogP contribution is 2.19. The monoisotopic (exact) mass is 263 g/mol. The molecule has 0 aromatic heterocycles. The highest BCUT2D eigenvalue weighted by atomic mass is 16.5. The number of benzene rings is 1. The molecule has 19 heavy (non-hydrogen) atoms. The molecule has 0 bridgehead atoms. The van der Waals surface area contributed by atoms with Crippen LogP contribution in [0.1, 0.15) is 25.3 Å². The predicted molar refractivity (Wildman–Crippen MR) is 73.2 cm³/mol. The molecule has 1 N–H and O–H groups in total. The normalized spacial score (nSPS) is 20.2. The van der Waals surface area contributed by atoms with Gasteiger partial charge in [-0.25, -0.2) is 4.79 Å². The number of hydrogen-bond acceptors (Lipinski definition) is 3. The molecule has 104 valence electrons. The lowest BCUT2D eigenvalue weighted by Crippen LogP contribution is -2.33. The number of rotatable bonds is 5. The number of hydrogen-bond donors (Lipinski definition) is 1. The molecule has 1 aliphatic heterocycles. The zero-order valence-electron chi connectivity index (χ0n) is 11.3. The molecule has 1 atom stereocenters. The summed E-state index contributed by atoms with van der Waals surface area (Å²) in [5.74, 6) is 0.441. The molecular weight excluding hydrogens is 242 g/mol. The highest BCUT2D eigenvalue weighted by Gasteiger charge is 2.16. The first kappa shape index (κ1) is 13.9. The largest absolute Gasteiger partial charge is 0.482 e. The molecule has 0 aliphatic carbocycles. The van der Waals surface area contributed by atoms with E-state index in [-0.39, 0.29) is 6.61 Å². The lowest BCUT2D eigenvalue weighted by Gasteiger charge is -2.30.